The molecule has 0 saturated heterocycles. The minimum atomic E-state index is -0.608. The molecule has 0 heterocycles. The Morgan fingerprint density at radius 2 is 1.78 bits per heavy atom. The van der Waals surface area contributed by atoms with Gasteiger partial charge in [-0.15, -0.1) is 0 Å². The molecule has 0 spiro atoms. The van der Waals surface area contributed by atoms with E-state index in [0.29, 0.717) is 17.9 Å². The van der Waals surface area contributed by atoms with E-state index < -0.39 is 23.0 Å². The molecule has 1 rings (SSSR count). The molecular formula is C17H21NO5. The molecule has 6 heteroatoms. The number of nitrogens with zero attached hydrogens (tertiary/aromatic N) is 1. The average Bonchev–Trinajstić information content (AvgIpc) is 2.46. The summed E-state index contributed by atoms with van der Waals surface area (Å²) in [4.78, 5) is 34.1. The van der Waals surface area contributed by atoms with Crippen LogP contribution < -0.4 is 4.74 Å². The molecule has 0 aliphatic heterocycles. The first-order chi connectivity index (χ1) is 10.9. The van der Waals surface area contributed by atoms with Gasteiger partial charge in [-0.1, -0.05) is 31.5 Å². The molecule has 0 saturated carbocycles. The van der Waals surface area contributed by atoms with Crippen molar-refractivity contribution in [1.82, 2.24) is 0 Å². The standard InChI is InChI=1S/C17H21NO5/c1-4-5-10-23-16-9-7-6-8-14(16)15(11-18(21)22)17(12(2)19)13(3)20/h6-9H,4-5,10-11H2,1-3H3. The first-order valence-electron chi connectivity index (χ1n) is 7.47. The van der Waals surface area contributed by atoms with Gasteiger partial charge in [0, 0.05) is 16.1 Å². The first-order valence-corrected chi connectivity index (χ1v) is 7.47. The second-order valence-electron chi connectivity index (χ2n) is 5.15. The second kappa shape index (κ2) is 8.82. The number of ether oxygens (including phenoxy) is 1. The van der Waals surface area contributed by atoms with Crippen LogP contribution in [0, 0.1) is 10.1 Å². The summed E-state index contributed by atoms with van der Waals surface area (Å²) in [6.07, 6.45) is 1.79. The van der Waals surface area contributed by atoms with Crippen LogP contribution in [0.5, 0.6) is 5.75 Å². The molecule has 1 aromatic carbocycles. The van der Waals surface area contributed by atoms with Crippen molar-refractivity contribution < 1.29 is 19.2 Å². The van der Waals surface area contributed by atoms with Crippen molar-refractivity contribution >= 4 is 17.1 Å². The summed E-state index contributed by atoms with van der Waals surface area (Å²) in [5.41, 5.74) is 0.371. The Labute approximate surface area is 135 Å². The minimum Gasteiger partial charge on any atom is -0.493 e. The predicted molar refractivity (Wildman–Crippen MR) is 87.0 cm³/mol. The molecule has 0 aromatic heterocycles. The molecule has 124 valence electrons. The van der Waals surface area contributed by atoms with Crippen LogP contribution in [-0.2, 0) is 9.59 Å². The number of para-hydroxylation sites is 1. The van der Waals surface area contributed by atoms with Crippen LogP contribution in [0.2, 0.25) is 0 Å². The maximum atomic E-state index is 11.8. The van der Waals surface area contributed by atoms with Crippen LogP contribution in [0.4, 0.5) is 0 Å². The molecule has 0 unspecified atom stereocenters. The maximum absolute atomic E-state index is 11.8. The number of benzene rings is 1. The van der Waals surface area contributed by atoms with Crippen LogP contribution in [-0.4, -0.2) is 29.6 Å². The van der Waals surface area contributed by atoms with E-state index in [0.717, 1.165) is 12.8 Å². The summed E-state index contributed by atoms with van der Waals surface area (Å²) in [5.74, 6) is -0.534. The van der Waals surface area contributed by atoms with Gasteiger partial charge in [0.25, 0.3) is 0 Å². The minimum absolute atomic E-state index is 0.0992. The molecule has 23 heavy (non-hydrogen) atoms. The van der Waals surface area contributed by atoms with Gasteiger partial charge in [-0.3, -0.25) is 19.7 Å². The zero-order chi connectivity index (χ0) is 17.4. The van der Waals surface area contributed by atoms with Crippen molar-refractivity contribution in [3.05, 3.63) is 45.5 Å². The number of carbonyl (C=O) groups excluding carboxylic acids is 2. The first kappa shape index (κ1) is 18.5. The van der Waals surface area contributed by atoms with Crippen molar-refractivity contribution in [2.45, 2.75) is 33.6 Å². The largest absolute Gasteiger partial charge is 0.493 e. The molecule has 0 atom stereocenters. The van der Waals surface area contributed by atoms with E-state index in [1.807, 2.05) is 6.92 Å². The van der Waals surface area contributed by atoms with E-state index in [2.05, 4.69) is 0 Å². The van der Waals surface area contributed by atoms with Gasteiger partial charge in [0.05, 0.1) is 12.2 Å². The van der Waals surface area contributed by atoms with Crippen LogP contribution in [0.25, 0.3) is 5.57 Å². The third-order valence-electron chi connectivity index (χ3n) is 3.26. The number of nitro groups is 1. The lowest BCUT2D eigenvalue weighted by atomic mass is 9.94. The Bertz CT molecular complexity index is 618. The Hall–Kier alpha value is -2.50. The van der Waals surface area contributed by atoms with E-state index >= 15 is 0 Å². The second-order valence-corrected chi connectivity index (χ2v) is 5.15. The highest BCUT2D eigenvalue weighted by molar-refractivity contribution is 6.24. The lowest BCUT2D eigenvalue weighted by molar-refractivity contribution is -0.465. The Balaban J connectivity index is 3.44. The van der Waals surface area contributed by atoms with Crippen LogP contribution >= 0.6 is 0 Å². The summed E-state index contributed by atoms with van der Waals surface area (Å²) in [6, 6.07) is 6.75. The van der Waals surface area contributed by atoms with E-state index in [9.17, 15) is 19.7 Å². The predicted octanol–water partition coefficient (Wildman–Crippen LogP) is 3.07. The highest BCUT2D eigenvalue weighted by Gasteiger charge is 2.24. The number of ketones is 2. The quantitative estimate of drug-likeness (QED) is 0.174. The van der Waals surface area contributed by atoms with Gasteiger partial charge in [-0.2, -0.15) is 0 Å². The maximum Gasteiger partial charge on any atom is 0.230 e. The number of rotatable bonds is 9. The Morgan fingerprint density at radius 1 is 1.17 bits per heavy atom. The molecule has 0 bridgehead atoms. The van der Waals surface area contributed by atoms with Gasteiger partial charge < -0.3 is 4.74 Å². The van der Waals surface area contributed by atoms with Crippen molar-refractivity contribution in [3.8, 4) is 5.75 Å². The molecular weight excluding hydrogens is 298 g/mol. The van der Waals surface area contributed by atoms with Crippen molar-refractivity contribution in [1.29, 1.82) is 0 Å². The van der Waals surface area contributed by atoms with Gasteiger partial charge in [-0.25, -0.2) is 0 Å². The van der Waals surface area contributed by atoms with Crippen molar-refractivity contribution in [2.24, 2.45) is 0 Å². The van der Waals surface area contributed by atoms with Crippen LogP contribution in [0.15, 0.2) is 29.8 Å². The molecule has 0 amide bonds. The van der Waals surface area contributed by atoms with E-state index in [1.165, 1.54) is 13.8 Å². The normalized spacial score (nSPS) is 10.0. The topological polar surface area (TPSA) is 86.5 Å². The van der Waals surface area contributed by atoms with Crippen molar-refractivity contribution in [3.63, 3.8) is 0 Å². The van der Waals surface area contributed by atoms with Gasteiger partial charge in [0.1, 0.15) is 5.75 Å². The fourth-order valence-corrected chi connectivity index (χ4v) is 2.27. The third-order valence-corrected chi connectivity index (χ3v) is 3.26. The lowest BCUT2D eigenvalue weighted by Crippen LogP contribution is -2.15. The summed E-state index contributed by atoms with van der Waals surface area (Å²) < 4.78 is 5.67. The third kappa shape index (κ3) is 5.32. The van der Waals surface area contributed by atoms with Gasteiger partial charge in [0.2, 0.25) is 6.54 Å². The Morgan fingerprint density at radius 3 is 2.30 bits per heavy atom. The highest BCUT2D eigenvalue weighted by Crippen LogP contribution is 2.29. The van der Waals surface area contributed by atoms with E-state index in [-0.39, 0.29) is 11.1 Å². The van der Waals surface area contributed by atoms with Gasteiger partial charge in [-0.05, 0) is 26.3 Å². The number of Topliss-reactive ketones (excluding diaryl/α,β-unsaturated/α-hetero) is 2. The summed E-state index contributed by atoms with van der Waals surface area (Å²) in [5, 5.41) is 11.0. The average molecular weight is 319 g/mol. The monoisotopic (exact) mass is 319 g/mol. The zero-order valence-corrected chi connectivity index (χ0v) is 13.6. The van der Waals surface area contributed by atoms with E-state index in [4.69, 9.17) is 4.74 Å². The summed E-state index contributed by atoms with van der Waals surface area (Å²) in [6.45, 7) is 4.35. The highest BCUT2D eigenvalue weighted by atomic mass is 16.6. The molecule has 0 aliphatic carbocycles. The molecule has 1 aromatic rings. The summed E-state index contributed by atoms with van der Waals surface area (Å²) in [7, 11) is 0. The number of allylic oxidation sites excluding steroid dienone is 1. The SMILES string of the molecule is CCCCOc1ccccc1C(C[N+](=O)[O-])=C(C(C)=O)C(C)=O. The zero-order valence-electron chi connectivity index (χ0n) is 13.6. The van der Waals surface area contributed by atoms with Crippen LogP contribution in [0.1, 0.15) is 39.2 Å². The lowest BCUT2D eigenvalue weighted by Gasteiger charge is -2.14. The number of unbranched alkanes of at least 4 members (excludes halogenated alkanes) is 1. The fraction of sp³-hybridized carbons (Fsp3) is 0.412. The van der Waals surface area contributed by atoms with Gasteiger partial charge >= 0.3 is 0 Å². The molecule has 0 radical (unpaired) electrons. The number of carbonyl (C=O) groups is 2. The molecule has 0 fully saturated rings. The molecule has 0 N–H and O–H groups in total. The van der Waals surface area contributed by atoms with Crippen molar-refractivity contribution in [2.75, 3.05) is 13.2 Å². The number of hydrogen-bond acceptors (Lipinski definition) is 5. The fourth-order valence-electron chi connectivity index (χ4n) is 2.27. The number of hydrogen-bond donors (Lipinski definition) is 0. The van der Waals surface area contributed by atoms with E-state index in [1.54, 1.807) is 24.3 Å². The van der Waals surface area contributed by atoms with Gasteiger partial charge in [0.15, 0.2) is 11.6 Å². The smallest absolute Gasteiger partial charge is 0.230 e. The Kier molecular flexibility index (Phi) is 7.12. The summed E-state index contributed by atoms with van der Waals surface area (Å²) >= 11 is 0. The molecule has 6 nitrogen and oxygen atoms in total. The molecule has 0 aliphatic rings. The van der Waals surface area contributed by atoms with Crippen LogP contribution in [0.3, 0.4) is 0 Å².